The number of ether oxygens (including phenoxy) is 1. The highest BCUT2D eigenvalue weighted by Crippen LogP contribution is 2.17. The molecular weight excluding hydrogens is 213 g/mol. The number of methoxy groups -OCH3 is 1. The van der Waals surface area contributed by atoms with Gasteiger partial charge in [0.2, 0.25) is 0 Å². The number of hydrogen-bond donors (Lipinski definition) is 2. The largest absolute Gasteiger partial charge is 0.494 e. The summed E-state index contributed by atoms with van der Waals surface area (Å²) in [6.07, 6.45) is 0. The van der Waals surface area contributed by atoms with Crippen LogP contribution in [-0.4, -0.2) is 30.8 Å². The Hall–Kier alpha value is -1.62. The summed E-state index contributed by atoms with van der Waals surface area (Å²) in [5.74, 6) is -0.929. The molecule has 88 valence electrons. The van der Waals surface area contributed by atoms with Crippen molar-refractivity contribution in [3.05, 3.63) is 29.6 Å². The van der Waals surface area contributed by atoms with Crippen molar-refractivity contribution in [2.45, 2.75) is 13.0 Å². The second-order valence-corrected chi connectivity index (χ2v) is 3.41. The van der Waals surface area contributed by atoms with Gasteiger partial charge >= 0.3 is 0 Å². The maximum Gasteiger partial charge on any atom is 0.251 e. The molecule has 0 bridgehead atoms. The van der Waals surface area contributed by atoms with Gasteiger partial charge in [0.15, 0.2) is 11.6 Å². The van der Waals surface area contributed by atoms with Crippen LogP contribution >= 0.6 is 0 Å². The van der Waals surface area contributed by atoms with E-state index < -0.39 is 11.7 Å². The van der Waals surface area contributed by atoms with E-state index in [4.69, 9.17) is 9.84 Å². The topological polar surface area (TPSA) is 58.6 Å². The van der Waals surface area contributed by atoms with E-state index in [2.05, 4.69) is 5.32 Å². The Balaban J connectivity index is 2.81. The number of rotatable bonds is 4. The summed E-state index contributed by atoms with van der Waals surface area (Å²) in [5, 5.41) is 11.3. The average Bonchev–Trinajstić information content (AvgIpc) is 2.28. The lowest BCUT2D eigenvalue weighted by atomic mass is 10.2. The van der Waals surface area contributed by atoms with Gasteiger partial charge in [0.25, 0.3) is 5.91 Å². The molecule has 0 aromatic heterocycles. The monoisotopic (exact) mass is 227 g/mol. The molecule has 0 unspecified atom stereocenters. The maximum absolute atomic E-state index is 13.3. The van der Waals surface area contributed by atoms with E-state index in [-0.39, 0.29) is 24.0 Å². The Morgan fingerprint density at radius 1 is 1.62 bits per heavy atom. The molecule has 0 aliphatic rings. The van der Waals surface area contributed by atoms with Gasteiger partial charge in [-0.05, 0) is 25.1 Å². The number of amides is 1. The Morgan fingerprint density at radius 3 is 2.81 bits per heavy atom. The van der Waals surface area contributed by atoms with Crippen molar-refractivity contribution >= 4 is 5.91 Å². The third-order valence-corrected chi connectivity index (χ3v) is 2.07. The lowest BCUT2D eigenvalue weighted by Crippen LogP contribution is -2.35. The highest BCUT2D eigenvalue weighted by Gasteiger charge is 2.11. The summed E-state index contributed by atoms with van der Waals surface area (Å²) in [4.78, 5) is 11.5. The van der Waals surface area contributed by atoms with Crippen molar-refractivity contribution in [1.29, 1.82) is 0 Å². The minimum absolute atomic E-state index is 0.0896. The zero-order valence-corrected chi connectivity index (χ0v) is 9.16. The number of halogens is 1. The second kappa shape index (κ2) is 5.46. The first kappa shape index (κ1) is 12.4. The number of benzene rings is 1. The Morgan fingerprint density at radius 2 is 2.31 bits per heavy atom. The SMILES string of the molecule is COc1ccc(C(=O)N[C@H](C)CO)cc1F. The molecule has 0 saturated carbocycles. The van der Waals surface area contributed by atoms with Gasteiger partial charge in [0.1, 0.15) is 0 Å². The molecule has 0 radical (unpaired) electrons. The van der Waals surface area contributed by atoms with Gasteiger partial charge in [0, 0.05) is 11.6 Å². The van der Waals surface area contributed by atoms with Crippen LogP contribution in [0.1, 0.15) is 17.3 Å². The predicted molar refractivity (Wildman–Crippen MR) is 57.0 cm³/mol. The fourth-order valence-corrected chi connectivity index (χ4v) is 1.16. The van der Waals surface area contributed by atoms with E-state index in [0.29, 0.717) is 0 Å². The van der Waals surface area contributed by atoms with Gasteiger partial charge in [-0.2, -0.15) is 0 Å². The lowest BCUT2D eigenvalue weighted by Gasteiger charge is -2.11. The van der Waals surface area contributed by atoms with E-state index in [1.54, 1.807) is 6.92 Å². The fourth-order valence-electron chi connectivity index (χ4n) is 1.16. The zero-order chi connectivity index (χ0) is 12.1. The summed E-state index contributed by atoms with van der Waals surface area (Å²) in [6.45, 7) is 1.49. The number of aliphatic hydroxyl groups is 1. The van der Waals surface area contributed by atoms with E-state index in [9.17, 15) is 9.18 Å². The molecule has 0 spiro atoms. The molecule has 0 aliphatic carbocycles. The summed E-state index contributed by atoms with van der Waals surface area (Å²) < 4.78 is 18.0. The highest BCUT2D eigenvalue weighted by atomic mass is 19.1. The third kappa shape index (κ3) is 2.93. The Bertz CT molecular complexity index is 381. The molecule has 1 rings (SSSR count). The van der Waals surface area contributed by atoms with Crippen molar-refractivity contribution < 1.29 is 19.0 Å². The maximum atomic E-state index is 13.3. The standard InChI is InChI=1S/C11H14FNO3/c1-7(6-14)13-11(15)8-3-4-10(16-2)9(12)5-8/h3-5,7,14H,6H2,1-2H3,(H,13,15)/t7-/m1/s1. The van der Waals surface area contributed by atoms with Gasteiger partial charge in [-0.1, -0.05) is 0 Å². The van der Waals surface area contributed by atoms with Crippen LogP contribution in [0.25, 0.3) is 0 Å². The van der Waals surface area contributed by atoms with Gasteiger partial charge in [0.05, 0.1) is 13.7 Å². The quantitative estimate of drug-likeness (QED) is 0.805. The van der Waals surface area contributed by atoms with Gasteiger partial charge in [-0.25, -0.2) is 4.39 Å². The molecule has 1 aromatic rings. The van der Waals surface area contributed by atoms with Crippen LogP contribution in [0.2, 0.25) is 0 Å². The fraction of sp³-hybridized carbons (Fsp3) is 0.364. The van der Waals surface area contributed by atoms with Gasteiger partial charge in [-0.15, -0.1) is 0 Å². The van der Waals surface area contributed by atoms with Crippen molar-refractivity contribution in [2.75, 3.05) is 13.7 Å². The number of carbonyl (C=O) groups is 1. The highest BCUT2D eigenvalue weighted by molar-refractivity contribution is 5.94. The van der Waals surface area contributed by atoms with E-state index in [1.807, 2.05) is 0 Å². The normalized spacial score (nSPS) is 12.0. The van der Waals surface area contributed by atoms with Crippen LogP contribution in [0.3, 0.4) is 0 Å². The Labute approximate surface area is 93.0 Å². The van der Waals surface area contributed by atoms with Crippen LogP contribution in [0.4, 0.5) is 4.39 Å². The Kier molecular flexibility index (Phi) is 4.25. The molecule has 2 N–H and O–H groups in total. The molecule has 0 aliphatic heterocycles. The first-order valence-electron chi connectivity index (χ1n) is 4.83. The second-order valence-electron chi connectivity index (χ2n) is 3.41. The van der Waals surface area contributed by atoms with Crippen molar-refractivity contribution in [2.24, 2.45) is 0 Å². The number of carbonyl (C=O) groups excluding carboxylic acids is 1. The summed E-state index contributed by atoms with van der Waals surface area (Å²) in [5.41, 5.74) is 0.193. The van der Waals surface area contributed by atoms with Crippen LogP contribution in [-0.2, 0) is 0 Å². The summed E-state index contributed by atoms with van der Waals surface area (Å²) in [6, 6.07) is 3.57. The molecule has 5 heteroatoms. The molecule has 1 aromatic carbocycles. The first-order valence-corrected chi connectivity index (χ1v) is 4.83. The van der Waals surface area contributed by atoms with Crippen LogP contribution < -0.4 is 10.1 Å². The smallest absolute Gasteiger partial charge is 0.251 e. The third-order valence-electron chi connectivity index (χ3n) is 2.07. The zero-order valence-electron chi connectivity index (χ0n) is 9.16. The minimum atomic E-state index is -0.591. The molecule has 0 heterocycles. The van der Waals surface area contributed by atoms with E-state index in [1.165, 1.54) is 19.2 Å². The molecule has 1 atom stereocenters. The van der Waals surface area contributed by atoms with E-state index >= 15 is 0 Å². The van der Waals surface area contributed by atoms with Crippen molar-refractivity contribution in [3.8, 4) is 5.75 Å². The van der Waals surface area contributed by atoms with Crippen molar-refractivity contribution in [1.82, 2.24) is 5.32 Å². The number of aliphatic hydroxyl groups excluding tert-OH is 1. The summed E-state index contributed by atoms with van der Waals surface area (Å²) >= 11 is 0. The van der Waals surface area contributed by atoms with Crippen LogP contribution in [0.5, 0.6) is 5.75 Å². The van der Waals surface area contributed by atoms with Gasteiger partial charge < -0.3 is 15.2 Å². The number of hydrogen-bond acceptors (Lipinski definition) is 3. The minimum Gasteiger partial charge on any atom is -0.494 e. The molecule has 0 fully saturated rings. The van der Waals surface area contributed by atoms with Crippen LogP contribution in [0, 0.1) is 5.82 Å². The molecule has 0 saturated heterocycles. The van der Waals surface area contributed by atoms with E-state index in [0.717, 1.165) is 6.07 Å². The van der Waals surface area contributed by atoms with Gasteiger partial charge in [-0.3, -0.25) is 4.79 Å². The summed E-state index contributed by atoms with van der Waals surface area (Å²) in [7, 11) is 1.35. The molecule has 16 heavy (non-hydrogen) atoms. The molecule has 4 nitrogen and oxygen atoms in total. The molecule has 1 amide bonds. The van der Waals surface area contributed by atoms with Crippen LogP contribution in [0.15, 0.2) is 18.2 Å². The lowest BCUT2D eigenvalue weighted by molar-refractivity contribution is 0.0922. The molecular formula is C11H14FNO3. The first-order chi connectivity index (χ1) is 7.58. The number of nitrogens with one attached hydrogen (secondary N) is 1. The predicted octanol–water partition coefficient (Wildman–Crippen LogP) is 0.945. The van der Waals surface area contributed by atoms with Crippen molar-refractivity contribution in [3.63, 3.8) is 0 Å². The average molecular weight is 227 g/mol.